The number of halogens is 1. The van der Waals surface area contributed by atoms with Gasteiger partial charge in [-0.3, -0.25) is 0 Å². The molecule has 0 aliphatic heterocycles. The molecule has 1 aromatic carbocycles. The van der Waals surface area contributed by atoms with Crippen molar-refractivity contribution in [2.75, 3.05) is 11.5 Å². The van der Waals surface area contributed by atoms with Gasteiger partial charge in [0.15, 0.2) is 0 Å². The fourth-order valence-corrected chi connectivity index (χ4v) is 1.31. The van der Waals surface area contributed by atoms with Crippen molar-refractivity contribution in [2.24, 2.45) is 0 Å². The van der Waals surface area contributed by atoms with E-state index < -0.39 is 5.82 Å². The normalized spacial score (nSPS) is 16.4. The number of hydrogen-bond acceptors (Lipinski definition) is 2. The summed E-state index contributed by atoms with van der Waals surface area (Å²) in [5.41, 5.74) is 12.3. The maximum atomic E-state index is 13.0. The van der Waals surface area contributed by atoms with Gasteiger partial charge in [-0.15, -0.1) is 0 Å². The van der Waals surface area contributed by atoms with Gasteiger partial charge in [0.25, 0.3) is 0 Å². The number of benzene rings is 1. The third kappa shape index (κ3) is 1.11. The standard InChI is InChI=1S/C9H11FN2/c10-7-3-6(5-1-2-5)4-8(11)9(7)12/h3-5H,1-2,11-12H2. The molecule has 0 amide bonds. The smallest absolute Gasteiger partial charge is 0.148 e. The molecule has 0 saturated heterocycles. The van der Waals surface area contributed by atoms with Crippen molar-refractivity contribution in [2.45, 2.75) is 18.8 Å². The molecule has 1 saturated carbocycles. The van der Waals surface area contributed by atoms with Crippen molar-refractivity contribution < 1.29 is 4.39 Å². The number of anilines is 2. The molecule has 0 atom stereocenters. The summed E-state index contributed by atoms with van der Waals surface area (Å²) >= 11 is 0. The van der Waals surface area contributed by atoms with Crippen LogP contribution in [0.2, 0.25) is 0 Å². The Morgan fingerprint density at radius 3 is 2.42 bits per heavy atom. The topological polar surface area (TPSA) is 52.0 Å². The first-order valence-corrected chi connectivity index (χ1v) is 4.03. The van der Waals surface area contributed by atoms with E-state index in [0.717, 1.165) is 18.4 Å². The van der Waals surface area contributed by atoms with Crippen LogP contribution in [0.15, 0.2) is 12.1 Å². The van der Waals surface area contributed by atoms with Crippen molar-refractivity contribution in [3.8, 4) is 0 Å². The minimum atomic E-state index is -0.392. The molecule has 12 heavy (non-hydrogen) atoms. The highest BCUT2D eigenvalue weighted by Crippen LogP contribution is 2.41. The van der Waals surface area contributed by atoms with Crippen molar-refractivity contribution in [1.29, 1.82) is 0 Å². The molecule has 0 aromatic heterocycles. The fourth-order valence-electron chi connectivity index (χ4n) is 1.31. The van der Waals surface area contributed by atoms with Crippen LogP contribution in [0.25, 0.3) is 0 Å². The Morgan fingerprint density at radius 1 is 1.25 bits per heavy atom. The average Bonchev–Trinajstić information content (AvgIpc) is 2.81. The maximum Gasteiger partial charge on any atom is 0.148 e. The Morgan fingerprint density at radius 2 is 1.92 bits per heavy atom. The first-order valence-electron chi connectivity index (χ1n) is 4.03. The van der Waals surface area contributed by atoms with Gasteiger partial charge in [-0.25, -0.2) is 4.39 Å². The van der Waals surface area contributed by atoms with Gasteiger partial charge >= 0.3 is 0 Å². The summed E-state index contributed by atoms with van der Waals surface area (Å²) in [5, 5.41) is 0. The van der Waals surface area contributed by atoms with Crippen LogP contribution in [0.1, 0.15) is 24.3 Å². The zero-order valence-corrected chi connectivity index (χ0v) is 6.68. The van der Waals surface area contributed by atoms with E-state index in [2.05, 4.69) is 0 Å². The highest BCUT2D eigenvalue weighted by atomic mass is 19.1. The number of nitrogens with two attached hydrogens (primary N) is 2. The van der Waals surface area contributed by atoms with Gasteiger partial charge in [0, 0.05) is 0 Å². The predicted molar refractivity (Wildman–Crippen MR) is 47.2 cm³/mol. The van der Waals surface area contributed by atoms with Crippen molar-refractivity contribution >= 4 is 11.4 Å². The van der Waals surface area contributed by atoms with Crippen molar-refractivity contribution in [3.63, 3.8) is 0 Å². The first kappa shape index (κ1) is 7.40. The lowest BCUT2D eigenvalue weighted by Gasteiger charge is -2.04. The Balaban J connectivity index is 2.45. The van der Waals surface area contributed by atoms with E-state index in [9.17, 15) is 4.39 Å². The lowest BCUT2D eigenvalue weighted by atomic mass is 10.1. The van der Waals surface area contributed by atoms with E-state index in [0.29, 0.717) is 11.6 Å². The monoisotopic (exact) mass is 166 g/mol. The molecule has 2 nitrogen and oxygen atoms in total. The summed E-state index contributed by atoms with van der Waals surface area (Å²) in [6.07, 6.45) is 2.28. The van der Waals surface area contributed by atoms with E-state index in [1.54, 1.807) is 6.07 Å². The third-order valence-corrected chi connectivity index (χ3v) is 2.23. The molecule has 3 heteroatoms. The Hall–Kier alpha value is -1.25. The van der Waals surface area contributed by atoms with Crippen LogP contribution < -0.4 is 11.5 Å². The van der Waals surface area contributed by atoms with E-state index in [4.69, 9.17) is 11.5 Å². The van der Waals surface area contributed by atoms with Crippen LogP contribution in [-0.2, 0) is 0 Å². The molecule has 1 aromatic rings. The summed E-state index contributed by atoms with van der Waals surface area (Å²) < 4.78 is 13.0. The second kappa shape index (κ2) is 2.37. The molecule has 2 rings (SSSR count). The van der Waals surface area contributed by atoms with Gasteiger partial charge in [0.1, 0.15) is 5.82 Å². The zero-order chi connectivity index (χ0) is 8.72. The molecule has 64 valence electrons. The highest BCUT2D eigenvalue weighted by molar-refractivity contribution is 5.65. The zero-order valence-electron chi connectivity index (χ0n) is 6.68. The summed E-state index contributed by atoms with van der Waals surface area (Å²) in [4.78, 5) is 0. The molecule has 0 heterocycles. The SMILES string of the molecule is Nc1cc(C2CC2)cc(F)c1N. The number of hydrogen-bond donors (Lipinski definition) is 2. The first-order chi connectivity index (χ1) is 5.68. The van der Waals surface area contributed by atoms with Gasteiger partial charge < -0.3 is 11.5 Å². The van der Waals surface area contributed by atoms with E-state index >= 15 is 0 Å². The minimum Gasteiger partial charge on any atom is -0.397 e. The molecule has 0 bridgehead atoms. The quantitative estimate of drug-likeness (QED) is 0.626. The largest absolute Gasteiger partial charge is 0.397 e. The predicted octanol–water partition coefficient (Wildman–Crippen LogP) is 1.87. The van der Waals surface area contributed by atoms with Gasteiger partial charge in [0.05, 0.1) is 11.4 Å². The highest BCUT2D eigenvalue weighted by Gasteiger charge is 2.24. The Bertz CT molecular complexity index is 295. The molecule has 0 radical (unpaired) electrons. The lowest BCUT2D eigenvalue weighted by Crippen LogP contribution is -1.99. The van der Waals surface area contributed by atoms with Gasteiger partial charge in [-0.05, 0) is 36.5 Å². The van der Waals surface area contributed by atoms with Crippen LogP contribution in [-0.4, -0.2) is 0 Å². The molecule has 0 unspecified atom stereocenters. The summed E-state index contributed by atoms with van der Waals surface area (Å²) in [5.74, 6) is 0.124. The molecule has 1 aliphatic carbocycles. The van der Waals surface area contributed by atoms with Crippen molar-refractivity contribution in [3.05, 3.63) is 23.5 Å². The van der Waals surface area contributed by atoms with Crippen LogP contribution in [0, 0.1) is 5.82 Å². The Labute approximate surface area is 70.4 Å². The molecule has 0 spiro atoms. The molecular formula is C9H11FN2. The summed E-state index contributed by atoms with van der Waals surface area (Å²) in [7, 11) is 0. The van der Waals surface area contributed by atoms with Crippen molar-refractivity contribution in [1.82, 2.24) is 0 Å². The fraction of sp³-hybridized carbons (Fsp3) is 0.333. The summed E-state index contributed by atoms with van der Waals surface area (Å²) in [6, 6.07) is 3.26. The molecule has 1 aliphatic rings. The summed E-state index contributed by atoms with van der Waals surface area (Å²) in [6.45, 7) is 0. The van der Waals surface area contributed by atoms with Crippen LogP contribution in [0.4, 0.5) is 15.8 Å². The van der Waals surface area contributed by atoms with Gasteiger partial charge in [-0.1, -0.05) is 0 Å². The van der Waals surface area contributed by atoms with E-state index in [1.165, 1.54) is 6.07 Å². The second-order valence-corrected chi connectivity index (χ2v) is 3.28. The number of rotatable bonds is 1. The van der Waals surface area contributed by atoms with E-state index in [1.807, 2.05) is 0 Å². The van der Waals surface area contributed by atoms with Gasteiger partial charge in [0.2, 0.25) is 0 Å². The minimum absolute atomic E-state index is 0.0689. The molecule has 4 N–H and O–H groups in total. The molecular weight excluding hydrogens is 155 g/mol. The third-order valence-electron chi connectivity index (χ3n) is 2.23. The maximum absolute atomic E-state index is 13.0. The lowest BCUT2D eigenvalue weighted by molar-refractivity contribution is 0.631. The van der Waals surface area contributed by atoms with Crippen LogP contribution >= 0.6 is 0 Å². The molecule has 1 fully saturated rings. The van der Waals surface area contributed by atoms with Crippen LogP contribution in [0.5, 0.6) is 0 Å². The van der Waals surface area contributed by atoms with Crippen LogP contribution in [0.3, 0.4) is 0 Å². The average molecular weight is 166 g/mol. The van der Waals surface area contributed by atoms with Gasteiger partial charge in [-0.2, -0.15) is 0 Å². The van der Waals surface area contributed by atoms with E-state index in [-0.39, 0.29) is 5.69 Å². The number of nitrogen functional groups attached to an aromatic ring is 2. The second-order valence-electron chi connectivity index (χ2n) is 3.28. The Kier molecular flexibility index (Phi) is 1.46.